The molecule has 1 heterocycles. The van der Waals surface area contributed by atoms with Gasteiger partial charge in [-0.25, -0.2) is 4.98 Å². The van der Waals surface area contributed by atoms with Crippen LogP contribution in [-0.4, -0.2) is 32.2 Å². The fraction of sp³-hybridized carbons (Fsp3) is 0.200. The highest BCUT2D eigenvalue weighted by atomic mass is 16.5. The number of nitrogens with zero attached hydrogens (tertiary/aromatic N) is 1. The highest BCUT2D eigenvalue weighted by Gasteiger charge is 2.12. The summed E-state index contributed by atoms with van der Waals surface area (Å²) in [6.07, 6.45) is 0. The lowest BCUT2D eigenvalue weighted by Crippen LogP contribution is -2.14. The molecule has 2 aromatic rings. The number of hydrogen-bond donors (Lipinski definition) is 1. The average molecular weight is 288 g/mol. The van der Waals surface area contributed by atoms with Crippen LogP contribution in [-0.2, 0) is 0 Å². The molecule has 21 heavy (non-hydrogen) atoms. The minimum atomic E-state index is -0.361. The Kier molecular flexibility index (Phi) is 4.61. The molecule has 110 valence electrons. The van der Waals surface area contributed by atoms with Gasteiger partial charge in [0.2, 0.25) is 5.88 Å². The van der Waals surface area contributed by atoms with Crippen molar-refractivity contribution in [2.75, 3.05) is 26.6 Å². The second kappa shape index (κ2) is 6.60. The fourth-order valence-corrected chi connectivity index (χ4v) is 1.75. The number of aromatic nitrogens is 1. The summed E-state index contributed by atoms with van der Waals surface area (Å²) in [4.78, 5) is 16.3. The van der Waals surface area contributed by atoms with Crippen LogP contribution in [0.4, 0.5) is 5.69 Å². The van der Waals surface area contributed by atoms with Crippen LogP contribution in [0.2, 0.25) is 0 Å². The number of hydrogen-bond acceptors (Lipinski definition) is 5. The summed E-state index contributed by atoms with van der Waals surface area (Å²) in [6, 6.07) is 10.1. The number of pyridine rings is 1. The van der Waals surface area contributed by atoms with Crippen molar-refractivity contribution in [3.63, 3.8) is 0 Å². The van der Waals surface area contributed by atoms with Gasteiger partial charge in [-0.15, -0.1) is 0 Å². The molecule has 0 spiro atoms. The lowest BCUT2D eigenvalue weighted by atomic mass is 10.2. The molecule has 1 N–H and O–H groups in total. The van der Waals surface area contributed by atoms with Crippen molar-refractivity contribution in [2.24, 2.45) is 0 Å². The first-order chi connectivity index (χ1) is 10.2. The SMILES string of the molecule is COc1ccc(OC)c(NC(=O)c2cccc(OC)n2)c1. The number of carbonyl (C=O) groups excluding carboxylic acids is 1. The molecular formula is C15H16N2O4. The molecule has 0 atom stereocenters. The Morgan fingerprint density at radius 3 is 2.52 bits per heavy atom. The molecule has 1 amide bonds. The van der Waals surface area contributed by atoms with Gasteiger partial charge in [-0.3, -0.25) is 4.79 Å². The zero-order chi connectivity index (χ0) is 15.2. The van der Waals surface area contributed by atoms with E-state index in [0.29, 0.717) is 23.1 Å². The van der Waals surface area contributed by atoms with E-state index in [1.807, 2.05) is 0 Å². The van der Waals surface area contributed by atoms with Gasteiger partial charge in [0.1, 0.15) is 17.2 Å². The number of benzene rings is 1. The third kappa shape index (κ3) is 3.42. The van der Waals surface area contributed by atoms with Crippen molar-refractivity contribution in [2.45, 2.75) is 0 Å². The molecule has 6 heteroatoms. The maximum Gasteiger partial charge on any atom is 0.274 e. The molecule has 1 aromatic heterocycles. The van der Waals surface area contributed by atoms with E-state index in [2.05, 4.69) is 10.3 Å². The second-order valence-corrected chi connectivity index (χ2v) is 4.09. The minimum Gasteiger partial charge on any atom is -0.497 e. The molecule has 0 bridgehead atoms. The fourth-order valence-electron chi connectivity index (χ4n) is 1.75. The Balaban J connectivity index is 2.25. The molecule has 0 aliphatic rings. The quantitative estimate of drug-likeness (QED) is 0.914. The summed E-state index contributed by atoms with van der Waals surface area (Å²) in [6.45, 7) is 0. The van der Waals surface area contributed by atoms with Gasteiger partial charge in [0.15, 0.2) is 0 Å². The monoisotopic (exact) mass is 288 g/mol. The van der Waals surface area contributed by atoms with E-state index >= 15 is 0 Å². The van der Waals surface area contributed by atoms with E-state index < -0.39 is 0 Å². The Hall–Kier alpha value is -2.76. The Morgan fingerprint density at radius 1 is 1.05 bits per heavy atom. The van der Waals surface area contributed by atoms with Gasteiger partial charge in [0.25, 0.3) is 5.91 Å². The third-order valence-electron chi connectivity index (χ3n) is 2.82. The zero-order valence-electron chi connectivity index (χ0n) is 12.0. The van der Waals surface area contributed by atoms with Gasteiger partial charge in [0, 0.05) is 12.1 Å². The number of nitrogens with one attached hydrogen (secondary N) is 1. The number of methoxy groups -OCH3 is 3. The van der Waals surface area contributed by atoms with Gasteiger partial charge in [-0.2, -0.15) is 0 Å². The molecule has 0 saturated carbocycles. The van der Waals surface area contributed by atoms with Crippen molar-refractivity contribution in [1.82, 2.24) is 4.98 Å². The summed E-state index contributed by atoms with van der Waals surface area (Å²) in [7, 11) is 4.58. The molecule has 0 unspecified atom stereocenters. The molecule has 0 radical (unpaired) electrons. The van der Waals surface area contributed by atoms with E-state index in [4.69, 9.17) is 14.2 Å². The third-order valence-corrected chi connectivity index (χ3v) is 2.82. The highest BCUT2D eigenvalue weighted by molar-refractivity contribution is 6.03. The maximum absolute atomic E-state index is 12.2. The van der Waals surface area contributed by atoms with Gasteiger partial charge < -0.3 is 19.5 Å². The molecule has 2 rings (SSSR count). The van der Waals surface area contributed by atoms with Gasteiger partial charge in [-0.1, -0.05) is 6.07 Å². The largest absolute Gasteiger partial charge is 0.497 e. The Bertz CT molecular complexity index is 643. The molecule has 6 nitrogen and oxygen atoms in total. The highest BCUT2D eigenvalue weighted by Crippen LogP contribution is 2.29. The molecule has 0 saturated heterocycles. The van der Waals surface area contributed by atoms with Crippen molar-refractivity contribution >= 4 is 11.6 Å². The standard InChI is InChI=1S/C15H16N2O4/c1-19-10-7-8-13(20-2)12(9-10)17-15(18)11-5-4-6-14(16-11)21-3/h4-9H,1-3H3,(H,17,18). The van der Waals surface area contributed by atoms with Crippen molar-refractivity contribution in [1.29, 1.82) is 0 Å². The first-order valence-electron chi connectivity index (χ1n) is 6.22. The van der Waals surface area contributed by atoms with Crippen LogP contribution in [0.3, 0.4) is 0 Å². The van der Waals surface area contributed by atoms with Crippen LogP contribution in [0.25, 0.3) is 0 Å². The first-order valence-corrected chi connectivity index (χ1v) is 6.22. The predicted molar refractivity (Wildman–Crippen MR) is 78.3 cm³/mol. The Morgan fingerprint density at radius 2 is 1.86 bits per heavy atom. The molecule has 0 fully saturated rings. The van der Waals surface area contributed by atoms with Crippen molar-refractivity contribution in [3.8, 4) is 17.4 Å². The number of anilines is 1. The topological polar surface area (TPSA) is 69.7 Å². The number of amides is 1. The molecule has 0 aliphatic carbocycles. The lowest BCUT2D eigenvalue weighted by Gasteiger charge is -2.11. The van der Waals surface area contributed by atoms with E-state index in [-0.39, 0.29) is 11.6 Å². The minimum absolute atomic E-state index is 0.249. The van der Waals surface area contributed by atoms with E-state index in [9.17, 15) is 4.79 Å². The number of carbonyl (C=O) groups is 1. The maximum atomic E-state index is 12.2. The number of rotatable bonds is 5. The average Bonchev–Trinajstić information content (AvgIpc) is 2.54. The van der Waals surface area contributed by atoms with Crippen LogP contribution in [0.5, 0.6) is 17.4 Å². The molecule has 0 aliphatic heterocycles. The predicted octanol–water partition coefficient (Wildman–Crippen LogP) is 2.36. The summed E-state index contributed by atoms with van der Waals surface area (Å²) in [5.74, 6) is 1.16. The van der Waals surface area contributed by atoms with Crippen LogP contribution in [0.15, 0.2) is 36.4 Å². The summed E-state index contributed by atoms with van der Waals surface area (Å²) in [5, 5.41) is 2.74. The van der Waals surface area contributed by atoms with Crippen LogP contribution in [0, 0.1) is 0 Å². The first kappa shape index (κ1) is 14.6. The number of ether oxygens (including phenoxy) is 3. The van der Waals surface area contributed by atoms with Gasteiger partial charge in [-0.05, 0) is 18.2 Å². The normalized spacial score (nSPS) is 9.86. The smallest absolute Gasteiger partial charge is 0.274 e. The van der Waals surface area contributed by atoms with Crippen molar-refractivity contribution < 1.29 is 19.0 Å². The van der Waals surface area contributed by atoms with E-state index in [1.165, 1.54) is 14.2 Å². The zero-order valence-corrected chi connectivity index (χ0v) is 12.0. The van der Waals surface area contributed by atoms with E-state index in [1.54, 1.807) is 43.5 Å². The van der Waals surface area contributed by atoms with Crippen LogP contribution >= 0.6 is 0 Å². The molecular weight excluding hydrogens is 272 g/mol. The Labute approximate surface area is 122 Å². The second-order valence-electron chi connectivity index (χ2n) is 4.09. The lowest BCUT2D eigenvalue weighted by molar-refractivity contribution is 0.102. The van der Waals surface area contributed by atoms with Gasteiger partial charge >= 0.3 is 0 Å². The van der Waals surface area contributed by atoms with E-state index in [0.717, 1.165) is 0 Å². The summed E-state index contributed by atoms with van der Waals surface area (Å²) < 4.78 is 15.3. The van der Waals surface area contributed by atoms with Gasteiger partial charge in [0.05, 0.1) is 27.0 Å². The van der Waals surface area contributed by atoms with Crippen molar-refractivity contribution in [3.05, 3.63) is 42.1 Å². The van der Waals surface area contributed by atoms with Crippen LogP contribution in [0.1, 0.15) is 10.5 Å². The molecule has 1 aromatic carbocycles. The summed E-state index contributed by atoms with van der Waals surface area (Å²) in [5.41, 5.74) is 0.755. The van der Waals surface area contributed by atoms with Crippen LogP contribution < -0.4 is 19.5 Å². The summed E-state index contributed by atoms with van der Waals surface area (Å²) >= 11 is 0.